The van der Waals surface area contributed by atoms with Crippen molar-refractivity contribution in [3.63, 3.8) is 0 Å². The van der Waals surface area contributed by atoms with Gasteiger partial charge in [-0.25, -0.2) is 15.0 Å². The van der Waals surface area contributed by atoms with Gasteiger partial charge in [0, 0.05) is 17.3 Å². The van der Waals surface area contributed by atoms with Crippen molar-refractivity contribution < 1.29 is 0 Å². The summed E-state index contributed by atoms with van der Waals surface area (Å²) in [6.45, 7) is 0. The molecule has 20 heavy (non-hydrogen) atoms. The minimum Gasteiger partial charge on any atom is -0.324 e. The normalized spacial score (nSPS) is 11.0. The number of nitrogens with zero attached hydrogens (tertiary/aromatic N) is 3. The molecule has 0 fully saturated rings. The number of anilines is 2. The first kappa shape index (κ1) is 11.3. The van der Waals surface area contributed by atoms with Crippen LogP contribution in [0.5, 0.6) is 0 Å². The molecular formula is C15H10N4S. The second-order valence-corrected chi connectivity index (χ2v) is 5.30. The minimum atomic E-state index is 0.604. The number of aromatic nitrogens is 3. The molecule has 0 saturated carbocycles. The van der Waals surface area contributed by atoms with Crippen LogP contribution in [0.2, 0.25) is 0 Å². The number of thiazole rings is 1. The van der Waals surface area contributed by atoms with E-state index < -0.39 is 0 Å². The number of fused-ring (bicyclic) bond motifs is 2. The fourth-order valence-corrected chi connectivity index (χ4v) is 2.81. The quantitative estimate of drug-likeness (QED) is 0.602. The number of nitrogens with one attached hydrogen (secondary N) is 1. The van der Waals surface area contributed by atoms with E-state index in [0.717, 1.165) is 26.8 Å². The van der Waals surface area contributed by atoms with Crippen molar-refractivity contribution >= 4 is 44.1 Å². The van der Waals surface area contributed by atoms with Gasteiger partial charge < -0.3 is 5.32 Å². The molecule has 0 saturated heterocycles. The highest BCUT2D eigenvalue weighted by Crippen LogP contribution is 2.23. The highest BCUT2D eigenvalue weighted by Gasteiger charge is 2.02. The molecule has 0 bridgehead atoms. The van der Waals surface area contributed by atoms with Gasteiger partial charge in [0.25, 0.3) is 0 Å². The zero-order valence-electron chi connectivity index (χ0n) is 10.4. The highest BCUT2D eigenvalue weighted by molar-refractivity contribution is 7.16. The average Bonchev–Trinajstić information content (AvgIpc) is 2.95. The van der Waals surface area contributed by atoms with Gasteiger partial charge in [0.1, 0.15) is 0 Å². The summed E-state index contributed by atoms with van der Waals surface area (Å²) in [7, 11) is 0. The van der Waals surface area contributed by atoms with Crippen molar-refractivity contribution in [2.45, 2.75) is 0 Å². The maximum atomic E-state index is 4.50. The maximum absolute atomic E-state index is 4.50. The van der Waals surface area contributed by atoms with Gasteiger partial charge in [-0.1, -0.05) is 18.2 Å². The van der Waals surface area contributed by atoms with Gasteiger partial charge in [-0.2, -0.15) is 0 Å². The largest absolute Gasteiger partial charge is 0.324 e. The molecule has 0 radical (unpaired) electrons. The Hall–Kier alpha value is -2.53. The molecule has 2 aromatic heterocycles. The van der Waals surface area contributed by atoms with Crippen molar-refractivity contribution in [1.82, 2.24) is 15.0 Å². The Morgan fingerprint density at radius 1 is 0.950 bits per heavy atom. The van der Waals surface area contributed by atoms with E-state index in [4.69, 9.17) is 0 Å². The van der Waals surface area contributed by atoms with Crippen LogP contribution in [-0.4, -0.2) is 15.0 Å². The number of benzene rings is 2. The number of hydrogen-bond acceptors (Lipinski definition) is 5. The van der Waals surface area contributed by atoms with Gasteiger partial charge in [-0.15, -0.1) is 11.3 Å². The average molecular weight is 278 g/mol. The second kappa shape index (κ2) is 4.54. The van der Waals surface area contributed by atoms with Crippen LogP contribution in [0.4, 0.5) is 11.6 Å². The van der Waals surface area contributed by atoms with Gasteiger partial charge in [-0.3, -0.25) is 0 Å². The summed E-state index contributed by atoms with van der Waals surface area (Å²) in [5, 5.41) is 4.27. The molecule has 0 spiro atoms. The Balaban J connectivity index is 1.72. The van der Waals surface area contributed by atoms with Crippen LogP contribution in [0.15, 0.2) is 54.2 Å². The van der Waals surface area contributed by atoms with Crippen molar-refractivity contribution in [2.75, 3.05) is 5.32 Å². The monoisotopic (exact) mass is 278 g/mol. The second-order valence-electron chi connectivity index (χ2n) is 4.41. The summed E-state index contributed by atoms with van der Waals surface area (Å²) in [6, 6.07) is 14.0. The summed E-state index contributed by atoms with van der Waals surface area (Å²) < 4.78 is 1.15. The summed E-state index contributed by atoms with van der Waals surface area (Å²) >= 11 is 1.62. The van der Waals surface area contributed by atoms with Crippen molar-refractivity contribution in [2.24, 2.45) is 0 Å². The highest BCUT2D eigenvalue weighted by atomic mass is 32.1. The van der Waals surface area contributed by atoms with E-state index in [9.17, 15) is 0 Å². The van der Waals surface area contributed by atoms with E-state index in [1.165, 1.54) is 0 Å². The van der Waals surface area contributed by atoms with Crippen LogP contribution in [0.3, 0.4) is 0 Å². The SMILES string of the molecule is c1ccc2nc(Nc3ccc4ncsc4c3)ncc2c1. The Morgan fingerprint density at radius 3 is 2.90 bits per heavy atom. The molecule has 4 nitrogen and oxygen atoms in total. The number of rotatable bonds is 2. The summed E-state index contributed by atoms with van der Waals surface area (Å²) in [5.41, 5.74) is 4.77. The molecule has 5 heteroatoms. The third-order valence-electron chi connectivity index (χ3n) is 3.08. The molecule has 0 atom stereocenters. The van der Waals surface area contributed by atoms with Crippen molar-refractivity contribution in [3.05, 3.63) is 54.2 Å². The molecular weight excluding hydrogens is 268 g/mol. The van der Waals surface area contributed by atoms with Crippen LogP contribution in [-0.2, 0) is 0 Å². The number of para-hydroxylation sites is 1. The lowest BCUT2D eigenvalue weighted by molar-refractivity contribution is 1.21. The van der Waals surface area contributed by atoms with Crippen LogP contribution < -0.4 is 5.32 Å². The van der Waals surface area contributed by atoms with Crippen molar-refractivity contribution in [3.8, 4) is 0 Å². The Morgan fingerprint density at radius 2 is 1.90 bits per heavy atom. The Bertz CT molecular complexity index is 900. The van der Waals surface area contributed by atoms with Gasteiger partial charge in [0.2, 0.25) is 5.95 Å². The van der Waals surface area contributed by atoms with Crippen molar-refractivity contribution in [1.29, 1.82) is 0 Å². The first-order valence-electron chi connectivity index (χ1n) is 6.20. The maximum Gasteiger partial charge on any atom is 0.227 e. The van der Waals surface area contributed by atoms with Gasteiger partial charge >= 0.3 is 0 Å². The van der Waals surface area contributed by atoms with Crippen LogP contribution in [0.1, 0.15) is 0 Å². The Kier molecular flexibility index (Phi) is 2.57. The van der Waals surface area contributed by atoms with Crippen LogP contribution in [0.25, 0.3) is 21.1 Å². The molecule has 2 aromatic carbocycles. The smallest absolute Gasteiger partial charge is 0.227 e. The summed E-state index contributed by atoms with van der Waals surface area (Å²) in [4.78, 5) is 13.1. The zero-order valence-corrected chi connectivity index (χ0v) is 11.3. The molecule has 4 rings (SSSR count). The summed E-state index contributed by atoms with van der Waals surface area (Å²) in [5.74, 6) is 0.604. The van der Waals surface area contributed by atoms with Gasteiger partial charge in [-0.05, 0) is 24.3 Å². The lowest BCUT2D eigenvalue weighted by atomic mass is 10.2. The van der Waals surface area contributed by atoms with Gasteiger partial charge in [0.15, 0.2) is 0 Å². The predicted molar refractivity (Wildman–Crippen MR) is 82.4 cm³/mol. The third kappa shape index (κ3) is 1.98. The first-order chi connectivity index (χ1) is 9.88. The molecule has 0 aliphatic carbocycles. The van der Waals surface area contributed by atoms with E-state index in [1.54, 1.807) is 11.3 Å². The Labute approximate surface area is 119 Å². The van der Waals surface area contributed by atoms with E-state index in [2.05, 4.69) is 26.3 Å². The molecule has 4 aromatic rings. The number of hydrogen-bond donors (Lipinski definition) is 1. The fourth-order valence-electron chi connectivity index (χ4n) is 2.09. The first-order valence-corrected chi connectivity index (χ1v) is 7.08. The fraction of sp³-hybridized carbons (Fsp3) is 0. The van der Waals surface area contributed by atoms with E-state index in [0.29, 0.717) is 5.95 Å². The topological polar surface area (TPSA) is 50.7 Å². The molecule has 0 unspecified atom stereocenters. The molecule has 0 aliphatic heterocycles. The molecule has 1 N–H and O–H groups in total. The predicted octanol–water partition coefficient (Wildman–Crippen LogP) is 3.98. The van der Waals surface area contributed by atoms with Gasteiger partial charge in [0.05, 0.1) is 21.2 Å². The minimum absolute atomic E-state index is 0.604. The molecule has 0 amide bonds. The van der Waals surface area contributed by atoms with Crippen LogP contribution >= 0.6 is 11.3 Å². The molecule has 2 heterocycles. The van der Waals surface area contributed by atoms with E-state index in [-0.39, 0.29) is 0 Å². The third-order valence-corrected chi connectivity index (χ3v) is 3.87. The lowest BCUT2D eigenvalue weighted by Crippen LogP contribution is -1.96. The molecule has 96 valence electrons. The van der Waals surface area contributed by atoms with E-state index >= 15 is 0 Å². The summed E-state index contributed by atoms with van der Waals surface area (Å²) in [6.07, 6.45) is 1.83. The standard InChI is InChI=1S/C15H10N4S/c1-2-4-12-10(3-1)8-16-15(19-12)18-11-5-6-13-14(7-11)20-9-17-13/h1-9H,(H,16,18,19). The zero-order chi connectivity index (χ0) is 13.4. The van der Waals surface area contributed by atoms with E-state index in [1.807, 2.05) is 48.1 Å². The van der Waals surface area contributed by atoms with Crippen LogP contribution in [0, 0.1) is 0 Å². The lowest BCUT2D eigenvalue weighted by Gasteiger charge is -2.05. The molecule has 0 aliphatic rings.